The lowest BCUT2D eigenvalue weighted by Crippen LogP contribution is -2.60. The van der Waals surface area contributed by atoms with Crippen molar-refractivity contribution in [1.82, 2.24) is 5.32 Å². The molecule has 3 fully saturated rings. The Labute approximate surface area is 157 Å². The summed E-state index contributed by atoms with van der Waals surface area (Å²) >= 11 is 0. The first kappa shape index (κ1) is 18.0. The molecule has 1 saturated heterocycles. The number of aryl methyl sites for hydroxylation is 1. The number of amides is 1. The summed E-state index contributed by atoms with van der Waals surface area (Å²) in [5, 5.41) is 3.44. The first-order valence-electron chi connectivity index (χ1n) is 10.4. The smallest absolute Gasteiger partial charge is 0.219 e. The summed E-state index contributed by atoms with van der Waals surface area (Å²) in [6.45, 7) is 7.55. The van der Waals surface area contributed by atoms with Crippen LogP contribution in [0, 0.1) is 22.7 Å². The van der Waals surface area contributed by atoms with Gasteiger partial charge in [-0.2, -0.15) is 0 Å². The van der Waals surface area contributed by atoms with E-state index in [9.17, 15) is 4.79 Å². The molecule has 1 aromatic rings. The van der Waals surface area contributed by atoms with Crippen molar-refractivity contribution in [2.24, 2.45) is 22.7 Å². The second-order valence-corrected chi connectivity index (χ2v) is 9.34. The molecule has 1 aliphatic heterocycles. The van der Waals surface area contributed by atoms with Crippen LogP contribution in [0.5, 0.6) is 0 Å². The molecule has 1 unspecified atom stereocenters. The molecule has 142 valence electrons. The molecule has 0 radical (unpaired) electrons. The number of ether oxygens (including phenoxy) is 1. The zero-order valence-corrected chi connectivity index (χ0v) is 16.5. The van der Waals surface area contributed by atoms with Gasteiger partial charge < -0.3 is 10.1 Å². The highest BCUT2D eigenvalue weighted by Crippen LogP contribution is 2.68. The molecule has 1 aromatic carbocycles. The summed E-state index contributed by atoms with van der Waals surface area (Å²) < 4.78 is 6.30. The van der Waals surface area contributed by atoms with Crippen LogP contribution in [0.15, 0.2) is 30.3 Å². The predicted molar refractivity (Wildman–Crippen MR) is 104 cm³/mol. The number of benzene rings is 1. The molecule has 1 heterocycles. The fourth-order valence-corrected chi connectivity index (χ4v) is 6.41. The molecule has 3 aliphatic rings. The SMILES string of the molecule is CCC(=O)N[C@H]1C(C)(C)[C@@H]2C[C@@H]3[C@@H](CCc4ccccc4)OCCC31C2. The predicted octanol–water partition coefficient (Wildman–Crippen LogP) is 4.36. The molecule has 26 heavy (non-hydrogen) atoms. The highest BCUT2D eigenvalue weighted by molar-refractivity contribution is 5.76. The molecule has 2 bridgehead atoms. The van der Waals surface area contributed by atoms with Gasteiger partial charge in [0.15, 0.2) is 0 Å². The standard InChI is InChI=1S/C23H33NO2/c1-4-20(25)24-21-22(2,3)17-14-18-19(26-13-12-23(18,21)15-17)11-10-16-8-6-5-7-9-16/h5-9,17-19,21H,4,10-15H2,1-3H3,(H,24,25)/t17-,18-,19-,21+,23?/m1/s1. The third-order valence-corrected chi connectivity index (χ3v) is 7.81. The van der Waals surface area contributed by atoms with Crippen molar-refractivity contribution < 1.29 is 9.53 Å². The lowest BCUT2D eigenvalue weighted by Gasteiger charge is -2.53. The maximum Gasteiger partial charge on any atom is 0.219 e. The van der Waals surface area contributed by atoms with Gasteiger partial charge in [-0.1, -0.05) is 51.1 Å². The van der Waals surface area contributed by atoms with Gasteiger partial charge in [0, 0.05) is 19.1 Å². The Morgan fingerprint density at radius 1 is 1.27 bits per heavy atom. The summed E-state index contributed by atoms with van der Waals surface area (Å²) in [5.74, 6) is 1.51. The Morgan fingerprint density at radius 2 is 2.04 bits per heavy atom. The topological polar surface area (TPSA) is 38.3 Å². The first-order chi connectivity index (χ1) is 12.5. The lowest BCUT2D eigenvalue weighted by molar-refractivity contribution is -0.136. The molecule has 2 aliphatic carbocycles. The number of rotatable bonds is 5. The zero-order chi connectivity index (χ0) is 18.4. The van der Waals surface area contributed by atoms with Crippen LogP contribution in [0.1, 0.15) is 58.4 Å². The Hall–Kier alpha value is -1.35. The quantitative estimate of drug-likeness (QED) is 0.852. The van der Waals surface area contributed by atoms with Crippen LogP contribution < -0.4 is 5.32 Å². The third kappa shape index (κ3) is 2.79. The summed E-state index contributed by atoms with van der Waals surface area (Å²) in [6, 6.07) is 11.0. The maximum absolute atomic E-state index is 12.3. The van der Waals surface area contributed by atoms with Crippen molar-refractivity contribution >= 4 is 5.91 Å². The summed E-state index contributed by atoms with van der Waals surface area (Å²) in [6.07, 6.45) is 6.73. The van der Waals surface area contributed by atoms with E-state index in [0.717, 1.165) is 25.9 Å². The summed E-state index contributed by atoms with van der Waals surface area (Å²) in [4.78, 5) is 12.3. The molecule has 4 rings (SSSR count). The van der Waals surface area contributed by atoms with Crippen LogP contribution >= 0.6 is 0 Å². The number of hydrogen-bond acceptors (Lipinski definition) is 2. The summed E-state index contributed by atoms with van der Waals surface area (Å²) in [7, 11) is 0. The zero-order valence-electron chi connectivity index (χ0n) is 16.5. The van der Waals surface area contributed by atoms with Gasteiger partial charge in [0.1, 0.15) is 0 Å². The highest BCUT2D eigenvalue weighted by Gasteiger charge is 2.68. The van der Waals surface area contributed by atoms with Gasteiger partial charge in [0.05, 0.1) is 6.10 Å². The minimum absolute atomic E-state index is 0.197. The van der Waals surface area contributed by atoms with E-state index in [1.807, 2.05) is 6.92 Å². The average Bonchev–Trinajstić information content (AvgIpc) is 3.14. The molecule has 1 amide bonds. The van der Waals surface area contributed by atoms with Crippen molar-refractivity contribution in [3.8, 4) is 0 Å². The van der Waals surface area contributed by atoms with Crippen LogP contribution in [0.25, 0.3) is 0 Å². The molecule has 3 nitrogen and oxygen atoms in total. The molecule has 1 spiro atoms. The van der Waals surface area contributed by atoms with E-state index in [1.54, 1.807) is 0 Å². The fraction of sp³-hybridized carbons (Fsp3) is 0.696. The molecule has 0 aromatic heterocycles. The lowest BCUT2D eigenvalue weighted by atomic mass is 9.59. The number of nitrogens with one attached hydrogen (secondary N) is 1. The van der Waals surface area contributed by atoms with E-state index >= 15 is 0 Å². The Morgan fingerprint density at radius 3 is 2.77 bits per heavy atom. The maximum atomic E-state index is 12.3. The number of carbonyl (C=O) groups excluding carboxylic acids is 1. The van der Waals surface area contributed by atoms with Crippen LogP contribution in [-0.2, 0) is 16.0 Å². The summed E-state index contributed by atoms with van der Waals surface area (Å²) in [5.41, 5.74) is 1.84. The van der Waals surface area contributed by atoms with Gasteiger partial charge in [0.25, 0.3) is 0 Å². The normalized spacial score (nSPS) is 37.3. The third-order valence-electron chi connectivity index (χ3n) is 7.81. The Balaban J connectivity index is 1.53. The van der Waals surface area contributed by atoms with E-state index in [1.165, 1.54) is 18.4 Å². The van der Waals surface area contributed by atoms with Crippen LogP contribution in [0.4, 0.5) is 0 Å². The van der Waals surface area contributed by atoms with Crippen LogP contribution in [0.2, 0.25) is 0 Å². The molecule has 5 atom stereocenters. The Kier molecular flexibility index (Phi) is 4.63. The molecule has 2 saturated carbocycles. The van der Waals surface area contributed by atoms with Crippen LogP contribution in [-0.4, -0.2) is 24.7 Å². The highest BCUT2D eigenvalue weighted by atomic mass is 16.5. The second kappa shape index (κ2) is 6.67. The first-order valence-corrected chi connectivity index (χ1v) is 10.4. The van der Waals surface area contributed by atoms with E-state index < -0.39 is 0 Å². The van der Waals surface area contributed by atoms with E-state index in [4.69, 9.17) is 4.74 Å². The number of carbonyl (C=O) groups is 1. The van der Waals surface area contributed by atoms with E-state index in [2.05, 4.69) is 49.5 Å². The van der Waals surface area contributed by atoms with Crippen molar-refractivity contribution in [3.63, 3.8) is 0 Å². The number of fused-ring (bicyclic) bond motifs is 1. The van der Waals surface area contributed by atoms with Crippen molar-refractivity contribution in [1.29, 1.82) is 0 Å². The Bertz CT molecular complexity index is 655. The monoisotopic (exact) mass is 355 g/mol. The minimum atomic E-state index is 0.197. The molecule has 3 heteroatoms. The van der Waals surface area contributed by atoms with Crippen LogP contribution in [0.3, 0.4) is 0 Å². The average molecular weight is 356 g/mol. The van der Waals surface area contributed by atoms with E-state index in [-0.39, 0.29) is 16.7 Å². The van der Waals surface area contributed by atoms with Gasteiger partial charge >= 0.3 is 0 Å². The van der Waals surface area contributed by atoms with E-state index in [0.29, 0.717) is 30.4 Å². The molecule has 1 N–H and O–H groups in total. The van der Waals surface area contributed by atoms with Crippen molar-refractivity contribution in [3.05, 3.63) is 35.9 Å². The van der Waals surface area contributed by atoms with Crippen molar-refractivity contribution in [2.45, 2.75) is 71.4 Å². The largest absolute Gasteiger partial charge is 0.378 e. The second-order valence-electron chi connectivity index (χ2n) is 9.34. The van der Waals surface area contributed by atoms with Gasteiger partial charge in [-0.3, -0.25) is 4.79 Å². The van der Waals surface area contributed by atoms with Gasteiger partial charge in [-0.15, -0.1) is 0 Å². The minimum Gasteiger partial charge on any atom is -0.378 e. The van der Waals surface area contributed by atoms with Gasteiger partial charge in [-0.25, -0.2) is 0 Å². The number of hydrogen-bond donors (Lipinski definition) is 1. The van der Waals surface area contributed by atoms with Crippen molar-refractivity contribution in [2.75, 3.05) is 6.61 Å². The van der Waals surface area contributed by atoms with Gasteiger partial charge in [0.2, 0.25) is 5.91 Å². The molecular formula is C23H33NO2. The van der Waals surface area contributed by atoms with Gasteiger partial charge in [-0.05, 0) is 60.3 Å². The fourth-order valence-electron chi connectivity index (χ4n) is 6.41. The molecular weight excluding hydrogens is 322 g/mol.